The lowest BCUT2D eigenvalue weighted by Gasteiger charge is -2.08. The summed E-state index contributed by atoms with van der Waals surface area (Å²) in [4.78, 5) is 20.4. The fourth-order valence-corrected chi connectivity index (χ4v) is 3.56. The predicted octanol–water partition coefficient (Wildman–Crippen LogP) is 4.31. The molecule has 0 saturated carbocycles. The quantitative estimate of drug-likeness (QED) is 0.580. The van der Waals surface area contributed by atoms with Crippen molar-refractivity contribution >= 4 is 27.7 Å². The van der Waals surface area contributed by atoms with E-state index in [1.54, 1.807) is 12.3 Å². The third kappa shape index (κ3) is 2.84. The first-order valence-electron chi connectivity index (χ1n) is 8.84. The van der Waals surface area contributed by atoms with Gasteiger partial charge in [0.1, 0.15) is 0 Å². The van der Waals surface area contributed by atoms with E-state index >= 15 is 0 Å². The molecule has 26 heavy (non-hydrogen) atoms. The van der Waals surface area contributed by atoms with Gasteiger partial charge in [-0.15, -0.1) is 0 Å². The molecule has 0 saturated heterocycles. The molecule has 2 aromatic carbocycles. The molecule has 0 fully saturated rings. The van der Waals surface area contributed by atoms with Crippen LogP contribution in [0.4, 0.5) is 0 Å². The highest BCUT2D eigenvalue weighted by atomic mass is 16.1. The summed E-state index contributed by atoms with van der Waals surface area (Å²) >= 11 is 0. The molecule has 130 valence electrons. The molecular formula is C22H21N3O. The van der Waals surface area contributed by atoms with E-state index in [9.17, 15) is 4.79 Å². The van der Waals surface area contributed by atoms with Crippen LogP contribution >= 0.6 is 0 Å². The van der Waals surface area contributed by atoms with Crippen LogP contribution in [-0.4, -0.2) is 22.4 Å². The summed E-state index contributed by atoms with van der Waals surface area (Å²) < 4.78 is 0. The van der Waals surface area contributed by atoms with Crippen molar-refractivity contribution in [3.05, 3.63) is 77.1 Å². The number of carbonyl (C=O) groups excluding carboxylic acids is 1. The number of rotatable bonds is 4. The lowest BCUT2D eigenvalue weighted by atomic mass is 10.1. The summed E-state index contributed by atoms with van der Waals surface area (Å²) in [6.07, 6.45) is 2.48. The zero-order valence-corrected chi connectivity index (χ0v) is 15.0. The maximum absolute atomic E-state index is 12.6. The second-order valence-corrected chi connectivity index (χ2v) is 6.61. The minimum Gasteiger partial charge on any atom is -0.358 e. The van der Waals surface area contributed by atoms with Crippen LogP contribution in [0.5, 0.6) is 0 Å². The summed E-state index contributed by atoms with van der Waals surface area (Å²) in [5.41, 5.74) is 6.36. The number of nitrogens with one attached hydrogen (secondary N) is 2. The normalized spacial score (nSPS) is 11.2. The van der Waals surface area contributed by atoms with Gasteiger partial charge in [0.25, 0.3) is 5.91 Å². The number of aryl methyl sites for hydroxylation is 2. The van der Waals surface area contributed by atoms with Crippen molar-refractivity contribution in [2.45, 2.75) is 20.3 Å². The van der Waals surface area contributed by atoms with E-state index in [1.807, 2.05) is 24.3 Å². The van der Waals surface area contributed by atoms with Gasteiger partial charge in [-0.05, 0) is 43.5 Å². The Morgan fingerprint density at radius 2 is 1.85 bits per heavy atom. The summed E-state index contributed by atoms with van der Waals surface area (Å²) in [6, 6.07) is 15.8. The molecule has 4 aromatic rings. The Bertz CT molecular complexity index is 1110. The predicted molar refractivity (Wildman–Crippen MR) is 106 cm³/mol. The molecule has 4 rings (SSSR count). The highest BCUT2D eigenvalue weighted by Gasteiger charge is 2.12. The first kappa shape index (κ1) is 16.3. The summed E-state index contributed by atoms with van der Waals surface area (Å²) in [6.45, 7) is 4.79. The molecule has 4 nitrogen and oxygen atoms in total. The Balaban J connectivity index is 1.52. The summed E-state index contributed by atoms with van der Waals surface area (Å²) in [5.74, 6) is -0.0581. The standard InChI is InChI=1S/C22H21N3O/c1-14-6-5-8-18-16(15(2)25-21(14)18)10-13-24-22(26)19-11-12-23-20-9-4-3-7-17(19)20/h3-9,11-12,25H,10,13H2,1-2H3,(H,24,26). The van der Waals surface area contributed by atoms with Gasteiger partial charge in [0.15, 0.2) is 0 Å². The fourth-order valence-electron chi connectivity index (χ4n) is 3.56. The number of H-pyrrole nitrogens is 1. The minimum atomic E-state index is -0.0581. The maximum atomic E-state index is 12.6. The van der Waals surface area contributed by atoms with Gasteiger partial charge < -0.3 is 10.3 Å². The number of nitrogens with zero attached hydrogens (tertiary/aromatic N) is 1. The van der Waals surface area contributed by atoms with Gasteiger partial charge in [-0.1, -0.05) is 36.4 Å². The van der Waals surface area contributed by atoms with E-state index in [4.69, 9.17) is 0 Å². The zero-order chi connectivity index (χ0) is 18.1. The Hall–Kier alpha value is -3.14. The monoisotopic (exact) mass is 343 g/mol. The maximum Gasteiger partial charge on any atom is 0.252 e. The van der Waals surface area contributed by atoms with Gasteiger partial charge in [-0.25, -0.2) is 0 Å². The minimum absolute atomic E-state index is 0.0581. The van der Waals surface area contributed by atoms with Crippen LogP contribution in [0.25, 0.3) is 21.8 Å². The Morgan fingerprint density at radius 3 is 2.73 bits per heavy atom. The van der Waals surface area contributed by atoms with Crippen molar-refractivity contribution in [2.24, 2.45) is 0 Å². The summed E-state index contributed by atoms with van der Waals surface area (Å²) in [5, 5.41) is 5.18. The third-order valence-corrected chi connectivity index (χ3v) is 4.92. The largest absolute Gasteiger partial charge is 0.358 e. The number of amides is 1. The van der Waals surface area contributed by atoms with Crippen molar-refractivity contribution in [3.8, 4) is 0 Å². The van der Waals surface area contributed by atoms with E-state index in [-0.39, 0.29) is 5.91 Å². The van der Waals surface area contributed by atoms with Crippen LogP contribution in [0.15, 0.2) is 54.7 Å². The van der Waals surface area contributed by atoms with Gasteiger partial charge >= 0.3 is 0 Å². The van der Waals surface area contributed by atoms with Gasteiger partial charge in [-0.2, -0.15) is 0 Å². The van der Waals surface area contributed by atoms with E-state index in [0.717, 1.165) is 23.0 Å². The average molecular weight is 343 g/mol. The van der Waals surface area contributed by atoms with Crippen LogP contribution < -0.4 is 5.32 Å². The number of benzene rings is 2. The number of aromatic nitrogens is 2. The summed E-state index contributed by atoms with van der Waals surface area (Å²) in [7, 11) is 0. The molecule has 4 heteroatoms. The van der Waals surface area contributed by atoms with Crippen LogP contribution in [0.2, 0.25) is 0 Å². The van der Waals surface area contributed by atoms with Gasteiger partial charge in [0.05, 0.1) is 11.1 Å². The van der Waals surface area contributed by atoms with Gasteiger partial charge in [-0.3, -0.25) is 9.78 Å². The highest BCUT2D eigenvalue weighted by molar-refractivity contribution is 6.05. The molecule has 0 unspecified atom stereocenters. The van der Waals surface area contributed by atoms with Crippen LogP contribution in [-0.2, 0) is 6.42 Å². The second-order valence-electron chi connectivity index (χ2n) is 6.61. The number of hydrogen-bond acceptors (Lipinski definition) is 2. The Labute approximate surface area is 152 Å². The molecule has 0 bridgehead atoms. The van der Waals surface area contributed by atoms with Gasteiger partial charge in [0, 0.05) is 34.7 Å². The average Bonchev–Trinajstić information content (AvgIpc) is 2.98. The van der Waals surface area contributed by atoms with Crippen LogP contribution in [0.3, 0.4) is 0 Å². The number of carbonyl (C=O) groups is 1. The van der Waals surface area contributed by atoms with E-state index in [2.05, 4.69) is 47.3 Å². The lowest BCUT2D eigenvalue weighted by Crippen LogP contribution is -2.26. The van der Waals surface area contributed by atoms with Crippen molar-refractivity contribution in [1.29, 1.82) is 0 Å². The third-order valence-electron chi connectivity index (χ3n) is 4.92. The fraction of sp³-hybridized carbons (Fsp3) is 0.182. The van der Waals surface area contributed by atoms with E-state index in [0.29, 0.717) is 12.1 Å². The number of pyridine rings is 1. The molecule has 2 aromatic heterocycles. The SMILES string of the molecule is Cc1[nH]c2c(C)cccc2c1CCNC(=O)c1ccnc2ccccc12. The molecule has 0 spiro atoms. The first-order chi connectivity index (χ1) is 12.6. The Kier molecular flexibility index (Phi) is 4.17. The molecule has 0 aliphatic rings. The number of fused-ring (bicyclic) bond motifs is 2. The molecule has 2 N–H and O–H groups in total. The number of para-hydroxylation sites is 2. The van der Waals surface area contributed by atoms with Crippen molar-refractivity contribution in [2.75, 3.05) is 6.54 Å². The molecular weight excluding hydrogens is 322 g/mol. The van der Waals surface area contributed by atoms with E-state index in [1.165, 1.54) is 22.0 Å². The molecule has 0 aliphatic heterocycles. The van der Waals surface area contributed by atoms with Crippen LogP contribution in [0.1, 0.15) is 27.2 Å². The van der Waals surface area contributed by atoms with Crippen molar-refractivity contribution in [1.82, 2.24) is 15.3 Å². The zero-order valence-electron chi connectivity index (χ0n) is 15.0. The van der Waals surface area contributed by atoms with Crippen molar-refractivity contribution < 1.29 is 4.79 Å². The molecule has 0 radical (unpaired) electrons. The number of hydrogen-bond donors (Lipinski definition) is 2. The molecule has 2 heterocycles. The first-order valence-corrected chi connectivity index (χ1v) is 8.84. The molecule has 0 atom stereocenters. The highest BCUT2D eigenvalue weighted by Crippen LogP contribution is 2.25. The number of aromatic amines is 1. The smallest absolute Gasteiger partial charge is 0.252 e. The lowest BCUT2D eigenvalue weighted by molar-refractivity contribution is 0.0955. The van der Waals surface area contributed by atoms with Gasteiger partial charge in [0.2, 0.25) is 0 Å². The van der Waals surface area contributed by atoms with Crippen molar-refractivity contribution in [3.63, 3.8) is 0 Å². The molecule has 0 aliphatic carbocycles. The molecule has 1 amide bonds. The second kappa shape index (κ2) is 6.64. The van der Waals surface area contributed by atoms with E-state index < -0.39 is 0 Å². The van der Waals surface area contributed by atoms with Crippen LogP contribution in [0, 0.1) is 13.8 Å². The topological polar surface area (TPSA) is 57.8 Å². The Morgan fingerprint density at radius 1 is 1.04 bits per heavy atom.